The molecule has 0 radical (unpaired) electrons. The van der Waals surface area contributed by atoms with E-state index < -0.39 is 6.09 Å². The van der Waals surface area contributed by atoms with E-state index in [1.54, 1.807) is 43.3 Å². The average Bonchev–Trinajstić information content (AvgIpc) is 2.88. The van der Waals surface area contributed by atoms with Gasteiger partial charge in [0.25, 0.3) is 0 Å². The first kappa shape index (κ1) is 12.9. The maximum atomic E-state index is 11.2. The summed E-state index contributed by atoms with van der Waals surface area (Å²) < 4.78 is 10.1. The number of hydrogen-bond donors (Lipinski definition) is 1. The Bertz CT molecular complexity index is 571. The summed E-state index contributed by atoms with van der Waals surface area (Å²) in [5.74, 6) is 0.883. The molecule has 1 aromatic heterocycles. The molecular weight excluding hydrogens is 246 g/mol. The van der Waals surface area contributed by atoms with Gasteiger partial charge in [0.05, 0.1) is 6.61 Å². The monoisotopic (exact) mass is 259 g/mol. The van der Waals surface area contributed by atoms with E-state index in [9.17, 15) is 9.59 Å². The average molecular weight is 259 g/mol. The quantitative estimate of drug-likeness (QED) is 0.855. The maximum absolute atomic E-state index is 11.2. The Labute approximate surface area is 110 Å². The number of furan rings is 1. The largest absolute Gasteiger partial charge is 0.453 e. The fourth-order valence-corrected chi connectivity index (χ4v) is 1.57. The minimum atomic E-state index is -0.489. The van der Waals surface area contributed by atoms with Crippen molar-refractivity contribution < 1.29 is 18.7 Å². The summed E-state index contributed by atoms with van der Waals surface area (Å²) in [4.78, 5) is 21.8. The maximum Gasteiger partial charge on any atom is 0.411 e. The first-order valence-corrected chi connectivity index (χ1v) is 5.82. The van der Waals surface area contributed by atoms with Gasteiger partial charge in [-0.25, -0.2) is 4.79 Å². The van der Waals surface area contributed by atoms with E-state index in [1.807, 2.05) is 0 Å². The van der Waals surface area contributed by atoms with Crippen LogP contribution in [0.1, 0.15) is 17.5 Å². The highest BCUT2D eigenvalue weighted by Gasteiger charge is 2.05. The van der Waals surface area contributed by atoms with Crippen molar-refractivity contribution in [3.05, 3.63) is 42.2 Å². The Kier molecular flexibility index (Phi) is 3.97. The zero-order valence-corrected chi connectivity index (χ0v) is 10.4. The number of amides is 1. The standard InChI is InChI=1S/C14H13NO4/c1-2-18-14(17)15-11-5-3-10(4-6-11)13-8-7-12(9-16)19-13/h3-9H,2H2,1H3,(H,15,17). The van der Waals surface area contributed by atoms with E-state index in [1.165, 1.54) is 0 Å². The van der Waals surface area contributed by atoms with Gasteiger partial charge in [0, 0.05) is 11.3 Å². The van der Waals surface area contributed by atoms with Gasteiger partial charge in [0.1, 0.15) is 5.76 Å². The van der Waals surface area contributed by atoms with Crippen molar-refractivity contribution in [3.8, 4) is 11.3 Å². The van der Waals surface area contributed by atoms with Crippen LogP contribution in [0, 0.1) is 0 Å². The van der Waals surface area contributed by atoms with Crippen LogP contribution >= 0.6 is 0 Å². The van der Waals surface area contributed by atoms with Crippen LogP contribution in [0.5, 0.6) is 0 Å². The highest BCUT2D eigenvalue weighted by atomic mass is 16.5. The third-order valence-corrected chi connectivity index (χ3v) is 2.43. The summed E-state index contributed by atoms with van der Waals surface area (Å²) >= 11 is 0. The van der Waals surface area contributed by atoms with E-state index in [4.69, 9.17) is 9.15 Å². The number of nitrogens with one attached hydrogen (secondary N) is 1. The molecule has 5 nitrogen and oxygen atoms in total. The van der Waals surface area contributed by atoms with Gasteiger partial charge < -0.3 is 9.15 Å². The summed E-state index contributed by atoms with van der Waals surface area (Å²) in [6.45, 7) is 2.06. The van der Waals surface area contributed by atoms with Gasteiger partial charge in [-0.1, -0.05) is 0 Å². The Hall–Kier alpha value is -2.56. The molecule has 0 unspecified atom stereocenters. The van der Waals surface area contributed by atoms with Gasteiger partial charge in [0.2, 0.25) is 0 Å². The molecule has 0 atom stereocenters. The molecule has 1 aromatic carbocycles. The summed E-state index contributed by atoms with van der Waals surface area (Å²) in [6, 6.07) is 10.4. The summed E-state index contributed by atoms with van der Waals surface area (Å²) in [5.41, 5.74) is 1.45. The lowest BCUT2D eigenvalue weighted by Gasteiger charge is -2.05. The Balaban J connectivity index is 2.09. The van der Waals surface area contributed by atoms with Gasteiger partial charge in [0.15, 0.2) is 12.0 Å². The number of carbonyl (C=O) groups excluding carboxylic acids is 2. The second-order valence-corrected chi connectivity index (χ2v) is 3.74. The lowest BCUT2D eigenvalue weighted by atomic mass is 10.1. The van der Waals surface area contributed by atoms with Crippen molar-refractivity contribution in [2.24, 2.45) is 0 Å². The van der Waals surface area contributed by atoms with Crippen LogP contribution in [0.15, 0.2) is 40.8 Å². The minimum absolute atomic E-state index is 0.281. The zero-order valence-electron chi connectivity index (χ0n) is 10.4. The lowest BCUT2D eigenvalue weighted by molar-refractivity contribution is 0.110. The smallest absolute Gasteiger partial charge is 0.411 e. The third-order valence-electron chi connectivity index (χ3n) is 2.43. The molecule has 0 aliphatic rings. The van der Waals surface area contributed by atoms with E-state index >= 15 is 0 Å². The number of aldehydes is 1. The molecule has 0 saturated carbocycles. The SMILES string of the molecule is CCOC(=O)Nc1ccc(-c2ccc(C=O)o2)cc1. The lowest BCUT2D eigenvalue weighted by Crippen LogP contribution is -2.12. The number of rotatable bonds is 4. The van der Waals surface area contributed by atoms with Crippen LogP contribution in [0.4, 0.5) is 10.5 Å². The van der Waals surface area contributed by atoms with Gasteiger partial charge >= 0.3 is 6.09 Å². The van der Waals surface area contributed by atoms with Crippen molar-refractivity contribution in [1.82, 2.24) is 0 Å². The molecule has 19 heavy (non-hydrogen) atoms. The molecule has 0 bridgehead atoms. The fraction of sp³-hybridized carbons (Fsp3) is 0.143. The highest BCUT2D eigenvalue weighted by Crippen LogP contribution is 2.23. The Morgan fingerprint density at radius 1 is 1.26 bits per heavy atom. The van der Waals surface area contributed by atoms with Crippen molar-refractivity contribution in [2.45, 2.75) is 6.92 Å². The van der Waals surface area contributed by atoms with Crippen molar-refractivity contribution >= 4 is 18.1 Å². The van der Waals surface area contributed by atoms with Crippen LogP contribution in [-0.2, 0) is 4.74 Å². The first-order valence-electron chi connectivity index (χ1n) is 5.82. The van der Waals surface area contributed by atoms with Crippen LogP contribution in [0.25, 0.3) is 11.3 Å². The Morgan fingerprint density at radius 2 is 2.00 bits per heavy atom. The predicted molar refractivity (Wildman–Crippen MR) is 70.2 cm³/mol. The molecule has 0 spiro atoms. The summed E-state index contributed by atoms with van der Waals surface area (Å²) in [5, 5.41) is 2.59. The van der Waals surface area contributed by atoms with Crippen molar-refractivity contribution in [1.29, 1.82) is 0 Å². The van der Waals surface area contributed by atoms with Gasteiger partial charge in [-0.3, -0.25) is 10.1 Å². The summed E-state index contributed by atoms with van der Waals surface area (Å²) in [7, 11) is 0. The number of ether oxygens (including phenoxy) is 1. The van der Waals surface area contributed by atoms with Crippen LogP contribution in [0.3, 0.4) is 0 Å². The van der Waals surface area contributed by atoms with Crippen molar-refractivity contribution in [2.75, 3.05) is 11.9 Å². The molecule has 1 amide bonds. The summed E-state index contributed by atoms with van der Waals surface area (Å²) in [6.07, 6.45) is 0.164. The number of benzene rings is 1. The van der Waals surface area contributed by atoms with E-state index in [0.717, 1.165) is 5.56 Å². The molecule has 0 fully saturated rings. The topological polar surface area (TPSA) is 68.5 Å². The molecular formula is C14H13NO4. The molecule has 2 rings (SSSR count). The van der Waals surface area contributed by atoms with Crippen LogP contribution in [0.2, 0.25) is 0 Å². The van der Waals surface area contributed by atoms with Gasteiger partial charge in [-0.05, 0) is 43.3 Å². The van der Waals surface area contributed by atoms with Gasteiger partial charge in [-0.15, -0.1) is 0 Å². The fourth-order valence-electron chi connectivity index (χ4n) is 1.57. The first-order chi connectivity index (χ1) is 9.22. The number of carbonyl (C=O) groups is 2. The highest BCUT2D eigenvalue weighted by molar-refractivity contribution is 5.85. The molecule has 98 valence electrons. The number of anilines is 1. The molecule has 0 aliphatic carbocycles. The molecule has 0 aliphatic heterocycles. The van der Waals surface area contributed by atoms with Crippen LogP contribution in [-0.4, -0.2) is 19.0 Å². The van der Waals surface area contributed by atoms with Crippen molar-refractivity contribution in [3.63, 3.8) is 0 Å². The van der Waals surface area contributed by atoms with E-state index in [2.05, 4.69) is 5.32 Å². The number of hydrogen-bond acceptors (Lipinski definition) is 4. The molecule has 5 heteroatoms. The second-order valence-electron chi connectivity index (χ2n) is 3.74. The molecule has 1 N–H and O–H groups in total. The van der Waals surface area contributed by atoms with Crippen LogP contribution < -0.4 is 5.32 Å². The second kappa shape index (κ2) is 5.86. The van der Waals surface area contributed by atoms with Gasteiger partial charge in [-0.2, -0.15) is 0 Å². The Morgan fingerprint density at radius 3 is 2.58 bits per heavy atom. The molecule has 2 aromatic rings. The normalized spacial score (nSPS) is 9.95. The van der Waals surface area contributed by atoms with E-state index in [0.29, 0.717) is 24.3 Å². The van der Waals surface area contributed by atoms with E-state index in [-0.39, 0.29) is 5.76 Å². The predicted octanol–water partition coefficient (Wildman–Crippen LogP) is 3.33. The zero-order chi connectivity index (χ0) is 13.7. The molecule has 1 heterocycles. The minimum Gasteiger partial charge on any atom is -0.453 e. The molecule has 0 saturated heterocycles. The third kappa shape index (κ3) is 3.22.